The van der Waals surface area contributed by atoms with E-state index in [1.807, 2.05) is 24.3 Å². The number of hydrogen-bond acceptors (Lipinski definition) is 5. The van der Waals surface area contributed by atoms with Crippen LogP contribution in [0.5, 0.6) is 5.75 Å². The van der Waals surface area contributed by atoms with Gasteiger partial charge in [0.1, 0.15) is 11.3 Å². The van der Waals surface area contributed by atoms with Crippen LogP contribution in [0.4, 0.5) is 0 Å². The number of phenolic OH excluding ortho intramolecular Hbond substituents is 1. The number of aromatic nitrogens is 1. The van der Waals surface area contributed by atoms with Crippen LogP contribution < -0.4 is 15.9 Å². The molecule has 3 aromatic rings. The van der Waals surface area contributed by atoms with Gasteiger partial charge >= 0.3 is 4.87 Å². The first-order valence-electron chi connectivity index (χ1n) is 13.8. The minimum Gasteiger partial charge on any atom is -0.506 e. The number of fused-ring (bicyclic) bond motifs is 1. The predicted molar refractivity (Wildman–Crippen MR) is 156 cm³/mol. The summed E-state index contributed by atoms with van der Waals surface area (Å²) >= 11 is 7.42. The highest BCUT2D eigenvalue weighted by atomic mass is 35.5. The van der Waals surface area contributed by atoms with Crippen LogP contribution in [0.2, 0.25) is 5.02 Å². The molecule has 1 aliphatic rings. The van der Waals surface area contributed by atoms with E-state index in [0.717, 1.165) is 76.7 Å². The molecule has 1 saturated carbocycles. The number of halogens is 1. The Morgan fingerprint density at radius 1 is 1.08 bits per heavy atom. The lowest BCUT2D eigenvalue weighted by molar-refractivity contribution is -0.950. The Kier molecular flexibility index (Phi) is 10.2. The van der Waals surface area contributed by atoms with E-state index >= 15 is 0 Å². The summed E-state index contributed by atoms with van der Waals surface area (Å²) in [6.07, 6.45) is 9.48. The number of carbonyl (C=O) groups is 1. The third-order valence-corrected chi connectivity index (χ3v) is 9.27. The van der Waals surface area contributed by atoms with Crippen molar-refractivity contribution in [2.24, 2.45) is 5.73 Å². The zero-order chi connectivity index (χ0) is 27.0. The van der Waals surface area contributed by atoms with Gasteiger partial charge in [-0.1, -0.05) is 54.0 Å². The Morgan fingerprint density at radius 2 is 1.87 bits per heavy atom. The Morgan fingerprint density at radius 3 is 2.61 bits per heavy atom. The van der Waals surface area contributed by atoms with Gasteiger partial charge in [-0.3, -0.25) is 9.59 Å². The lowest BCUT2D eigenvalue weighted by Gasteiger charge is -2.45. The Hall–Kier alpha value is -2.39. The van der Waals surface area contributed by atoms with Crippen molar-refractivity contribution in [2.75, 3.05) is 32.7 Å². The maximum Gasteiger partial charge on any atom is 0.305 e. The first kappa shape index (κ1) is 28.6. The molecule has 38 heavy (non-hydrogen) atoms. The van der Waals surface area contributed by atoms with Crippen molar-refractivity contribution in [1.29, 1.82) is 0 Å². The molecule has 1 aromatic heterocycles. The number of amides is 1. The van der Waals surface area contributed by atoms with Gasteiger partial charge in [0, 0.05) is 18.0 Å². The summed E-state index contributed by atoms with van der Waals surface area (Å²) in [6.45, 7) is 4.24. The van der Waals surface area contributed by atoms with Gasteiger partial charge in [0.15, 0.2) is 0 Å². The number of benzene rings is 2. The first-order chi connectivity index (χ1) is 18.4. The molecule has 9 heteroatoms. The number of primary amides is 1. The van der Waals surface area contributed by atoms with E-state index in [0.29, 0.717) is 18.0 Å². The molecule has 4 rings (SSSR count). The molecule has 1 heterocycles. The number of aromatic amines is 1. The predicted octanol–water partition coefficient (Wildman–Crippen LogP) is 4.74. The van der Waals surface area contributed by atoms with Crippen molar-refractivity contribution in [3.05, 3.63) is 62.2 Å². The fourth-order valence-corrected chi connectivity index (χ4v) is 7.10. The van der Waals surface area contributed by atoms with E-state index in [1.54, 1.807) is 6.07 Å². The van der Waals surface area contributed by atoms with E-state index in [1.165, 1.54) is 44.1 Å². The van der Waals surface area contributed by atoms with Crippen LogP contribution >= 0.6 is 22.9 Å². The van der Waals surface area contributed by atoms with Gasteiger partial charge < -0.3 is 25.6 Å². The standard InChI is InChI=1S/C29H39ClN4O3S/c30-23-7-5-6-21(20-23)13-17-34(18-14-26(31)36,24-8-3-1-2-4-9-24)19-16-32-15-12-22-10-11-25(35)27-28(22)38-29(37)33-27/h5-7,10-11,20,24,32H,1-4,8-9,12-19H2,(H3-,31,33,35,36,37)/p+1. The van der Waals surface area contributed by atoms with Crippen molar-refractivity contribution < 1.29 is 14.4 Å². The summed E-state index contributed by atoms with van der Waals surface area (Å²) in [5.74, 6) is -0.131. The second-order valence-corrected chi connectivity index (χ2v) is 12.0. The van der Waals surface area contributed by atoms with Crippen LogP contribution in [0, 0.1) is 0 Å². The number of phenols is 1. The van der Waals surface area contributed by atoms with Gasteiger partial charge in [0.25, 0.3) is 0 Å². The number of rotatable bonds is 13. The van der Waals surface area contributed by atoms with Gasteiger partial charge in [-0.05, 0) is 68.0 Å². The Bertz CT molecular complexity index is 1270. The summed E-state index contributed by atoms with van der Waals surface area (Å²) in [7, 11) is 0. The van der Waals surface area contributed by atoms with Gasteiger partial charge in [-0.2, -0.15) is 0 Å². The van der Waals surface area contributed by atoms with Gasteiger partial charge in [0.05, 0.1) is 36.8 Å². The second kappa shape index (κ2) is 13.6. The van der Waals surface area contributed by atoms with Crippen molar-refractivity contribution in [3.63, 3.8) is 0 Å². The molecule has 0 radical (unpaired) electrons. The lowest BCUT2D eigenvalue weighted by Crippen LogP contribution is -2.59. The number of quaternary nitrogens is 1. The van der Waals surface area contributed by atoms with Crippen LogP contribution in [0.25, 0.3) is 10.2 Å². The number of hydrogen-bond donors (Lipinski definition) is 4. The average molecular weight is 560 g/mol. The molecule has 1 fully saturated rings. The zero-order valence-corrected chi connectivity index (χ0v) is 23.6. The lowest BCUT2D eigenvalue weighted by atomic mass is 10.00. The molecular weight excluding hydrogens is 520 g/mol. The molecule has 0 aliphatic heterocycles. The van der Waals surface area contributed by atoms with E-state index < -0.39 is 0 Å². The van der Waals surface area contributed by atoms with Crippen LogP contribution in [0.15, 0.2) is 41.2 Å². The SMILES string of the molecule is NC(=O)CC[N+](CCNCCc1ccc(O)c2[nH]c(=O)sc12)(CCc1cccc(Cl)c1)C1CCCCCC1. The van der Waals surface area contributed by atoms with Crippen molar-refractivity contribution >= 4 is 39.1 Å². The molecule has 0 saturated heterocycles. The largest absolute Gasteiger partial charge is 0.506 e. The van der Waals surface area contributed by atoms with E-state index in [-0.39, 0.29) is 16.5 Å². The molecule has 7 nitrogen and oxygen atoms in total. The van der Waals surface area contributed by atoms with Crippen molar-refractivity contribution in [3.8, 4) is 5.75 Å². The van der Waals surface area contributed by atoms with Crippen molar-refractivity contribution in [1.82, 2.24) is 10.3 Å². The molecule has 1 aliphatic carbocycles. The first-order valence-corrected chi connectivity index (χ1v) is 15.0. The minimum atomic E-state index is -0.237. The topological polar surface area (TPSA) is 108 Å². The van der Waals surface area contributed by atoms with Crippen LogP contribution in [0.1, 0.15) is 56.1 Å². The van der Waals surface area contributed by atoms with Crippen LogP contribution in [-0.2, 0) is 17.6 Å². The van der Waals surface area contributed by atoms with E-state index in [2.05, 4.69) is 16.4 Å². The molecule has 1 atom stereocenters. The molecule has 1 amide bonds. The third-order valence-electron chi connectivity index (χ3n) is 8.08. The summed E-state index contributed by atoms with van der Waals surface area (Å²) in [6, 6.07) is 12.2. The molecular formula is C29H40ClN4O3S+. The normalized spacial score (nSPS) is 16.3. The zero-order valence-electron chi connectivity index (χ0n) is 22.0. The number of aromatic hydroxyl groups is 1. The minimum absolute atomic E-state index is 0.106. The Labute approximate surface area is 233 Å². The smallest absolute Gasteiger partial charge is 0.305 e. The van der Waals surface area contributed by atoms with Gasteiger partial charge in [-0.25, -0.2) is 0 Å². The maximum atomic E-state index is 11.9. The second-order valence-electron chi connectivity index (χ2n) is 10.6. The highest BCUT2D eigenvalue weighted by Crippen LogP contribution is 2.30. The highest BCUT2D eigenvalue weighted by Gasteiger charge is 2.36. The number of nitrogens with zero attached hydrogens (tertiary/aromatic N) is 1. The third kappa shape index (κ3) is 7.59. The van der Waals surface area contributed by atoms with Gasteiger partial charge in [0.2, 0.25) is 5.91 Å². The number of nitrogens with two attached hydrogens (primary N) is 1. The van der Waals surface area contributed by atoms with Gasteiger partial charge in [-0.15, -0.1) is 0 Å². The molecule has 2 aromatic carbocycles. The molecule has 206 valence electrons. The molecule has 5 N–H and O–H groups in total. The molecule has 0 spiro atoms. The average Bonchev–Trinajstić information content (AvgIpc) is 3.09. The fraction of sp³-hybridized carbons (Fsp3) is 0.517. The van der Waals surface area contributed by atoms with E-state index in [4.69, 9.17) is 17.3 Å². The van der Waals surface area contributed by atoms with Crippen LogP contribution in [0.3, 0.4) is 0 Å². The molecule has 0 bridgehead atoms. The summed E-state index contributed by atoms with van der Waals surface area (Å²) in [5.41, 5.74) is 8.46. The highest BCUT2D eigenvalue weighted by molar-refractivity contribution is 7.16. The van der Waals surface area contributed by atoms with Crippen molar-refractivity contribution in [2.45, 2.75) is 63.8 Å². The van der Waals surface area contributed by atoms with Crippen LogP contribution in [-0.4, -0.2) is 59.2 Å². The summed E-state index contributed by atoms with van der Waals surface area (Å²) in [4.78, 5) is 26.3. The monoisotopic (exact) mass is 559 g/mol. The maximum absolute atomic E-state index is 11.9. The number of thiazole rings is 1. The number of carbonyl (C=O) groups excluding carboxylic acids is 1. The summed E-state index contributed by atoms with van der Waals surface area (Å²) < 4.78 is 1.72. The summed E-state index contributed by atoms with van der Waals surface area (Å²) in [5, 5.41) is 14.4. The molecule has 1 unspecified atom stereocenters. The Balaban J connectivity index is 1.45. The number of nitrogens with one attached hydrogen (secondary N) is 2. The number of H-pyrrole nitrogens is 1. The fourth-order valence-electron chi connectivity index (χ4n) is 5.99. The quantitative estimate of drug-likeness (QED) is 0.138. The van der Waals surface area contributed by atoms with E-state index in [9.17, 15) is 14.7 Å².